The highest BCUT2D eigenvalue weighted by Crippen LogP contribution is 2.25. The van der Waals surface area contributed by atoms with Crippen molar-refractivity contribution >= 4 is 0 Å². The summed E-state index contributed by atoms with van der Waals surface area (Å²) in [6.07, 6.45) is -2.82. The maximum Gasteiger partial charge on any atom is 0.111 e. The van der Waals surface area contributed by atoms with Crippen molar-refractivity contribution < 1.29 is 20.1 Å². The Morgan fingerprint density at radius 2 is 1.83 bits per heavy atom. The molecule has 1 fully saturated rings. The fourth-order valence-electron chi connectivity index (χ4n) is 1.48. The summed E-state index contributed by atoms with van der Waals surface area (Å²) < 4.78 is 5.25. The first-order valence-electron chi connectivity index (χ1n) is 4.20. The number of aliphatic hydroxyl groups excluding tert-OH is 3. The van der Waals surface area contributed by atoms with E-state index in [-0.39, 0.29) is 18.6 Å². The van der Waals surface area contributed by atoms with Crippen LogP contribution in [0.4, 0.5) is 0 Å². The van der Waals surface area contributed by atoms with E-state index in [9.17, 15) is 10.2 Å². The Morgan fingerprint density at radius 1 is 1.25 bits per heavy atom. The lowest BCUT2D eigenvalue weighted by Crippen LogP contribution is -2.35. The van der Waals surface area contributed by atoms with Crippen LogP contribution in [-0.2, 0) is 4.74 Å². The van der Waals surface area contributed by atoms with E-state index in [4.69, 9.17) is 9.84 Å². The minimum absolute atomic E-state index is 0.145. The van der Waals surface area contributed by atoms with Crippen LogP contribution in [0, 0.1) is 5.92 Å². The normalized spacial score (nSPS) is 42.5. The molecule has 0 aliphatic carbocycles. The average molecular weight is 176 g/mol. The summed E-state index contributed by atoms with van der Waals surface area (Å²) in [5, 5.41) is 27.5. The third kappa shape index (κ3) is 1.61. The van der Waals surface area contributed by atoms with E-state index in [2.05, 4.69) is 0 Å². The molecule has 72 valence electrons. The van der Waals surface area contributed by atoms with E-state index >= 15 is 0 Å². The molecule has 0 radical (unpaired) electrons. The quantitative estimate of drug-likeness (QED) is 0.511. The van der Waals surface area contributed by atoms with Crippen molar-refractivity contribution in [2.75, 3.05) is 6.61 Å². The summed E-state index contributed by atoms with van der Waals surface area (Å²) >= 11 is 0. The van der Waals surface area contributed by atoms with Crippen LogP contribution in [-0.4, -0.2) is 46.3 Å². The molecule has 4 nitrogen and oxygen atoms in total. The molecule has 1 saturated heterocycles. The standard InChI is InChI=1S/C8H16O4/c1-4(2)8-7(11)6(10)5(3-9)12-8/h4-11H,3H2,1-2H3/t5-,6+,7?,8+/m1/s1. The van der Waals surface area contributed by atoms with Crippen molar-refractivity contribution in [1.82, 2.24) is 0 Å². The highest BCUT2D eigenvalue weighted by Gasteiger charge is 2.43. The van der Waals surface area contributed by atoms with E-state index < -0.39 is 18.3 Å². The number of aliphatic hydroxyl groups is 3. The van der Waals surface area contributed by atoms with Gasteiger partial charge in [-0.15, -0.1) is 0 Å². The molecule has 12 heavy (non-hydrogen) atoms. The number of hydrogen-bond acceptors (Lipinski definition) is 4. The van der Waals surface area contributed by atoms with Crippen molar-refractivity contribution in [2.24, 2.45) is 5.92 Å². The third-order valence-corrected chi connectivity index (χ3v) is 2.24. The maximum absolute atomic E-state index is 9.44. The summed E-state index contributed by atoms with van der Waals surface area (Å²) in [6, 6.07) is 0. The zero-order valence-corrected chi connectivity index (χ0v) is 7.34. The molecule has 1 heterocycles. The van der Waals surface area contributed by atoms with Gasteiger partial charge >= 0.3 is 0 Å². The van der Waals surface area contributed by atoms with Gasteiger partial charge in [0.25, 0.3) is 0 Å². The average Bonchev–Trinajstić information content (AvgIpc) is 2.30. The predicted octanol–water partition coefficient (Wildman–Crippen LogP) is -0.876. The molecule has 1 rings (SSSR count). The summed E-state index contributed by atoms with van der Waals surface area (Å²) in [4.78, 5) is 0. The molecule has 3 N–H and O–H groups in total. The maximum atomic E-state index is 9.44. The zero-order chi connectivity index (χ0) is 9.30. The SMILES string of the molecule is CC(C)[C@@H]1O[C@H](CO)[C@H](O)C1O. The Bertz CT molecular complexity index is 148. The Morgan fingerprint density at radius 3 is 2.08 bits per heavy atom. The molecule has 0 aromatic heterocycles. The monoisotopic (exact) mass is 176 g/mol. The van der Waals surface area contributed by atoms with E-state index in [0.717, 1.165) is 0 Å². The van der Waals surface area contributed by atoms with Crippen LogP contribution in [0.25, 0.3) is 0 Å². The zero-order valence-electron chi connectivity index (χ0n) is 7.34. The van der Waals surface area contributed by atoms with Gasteiger partial charge in [0, 0.05) is 0 Å². The Labute approximate surface area is 71.8 Å². The van der Waals surface area contributed by atoms with Crippen LogP contribution in [0.3, 0.4) is 0 Å². The van der Waals surface area contributed by atoms with E-state index in [1.165, 1.54) is 0 Å². The van der Waals surface area contributed by atoms with Gasteiger partial charge < -0.3 is 20.1 Å². The summed E-state index contributed by atoms with van der Waals surface area (Å²) in [7, 11) is 0. The lowest BCUT2D eigenvalue weighted by atomic mass is 10.00. The second-order valence-electron chi connectivity index (χ2n) is 3.55. The molecule has 0 saturated carbocycles. The summed E-state index contributed by atoms with van der Waals surface area (Å²) in [5.74, 6) is 0.145. The third-order valence-electron chi connectivity index (χ3n) is 2.24. The largest absolute Gasteiger partial charge is 0.394 e. The van der Waals surface area contributed by atoms with E-state index in [0.29, 0.717) is 0 Å². The van der Waals surface area contributed by atoms with Crippen molar-refractivity contribution in [3.63, 3.8) is 0 Å². The van der Waals surface area contributed by atoms with Gasteiger partial charge in [-0.1, -0.05) is 13.8 Å². The number of hydrogen-bond donors (Lipinski definition) is 3. The summed E-state index contributed by atoms with van der Waals surface area (Å²) in [5.41, 5.74) is 0. The minimum atomic E-state index is -0.956. The topological polar surface area (TPSA) is 69.9 Å². The molecule has 4 atom stereocenters. The first kappa shape index (κ1) is 9.92. The molecule has 1 aliphatic rings. The lowest BCUT2D eigenvalue weighted by Gasteiger charge is -2.17. The molecule has 4 heteroatoms. The van der Waals surface area contributed by atoms with Crippen molar-refractivity contribution in [3.05, 3.63) is 0 Å². The van der Waals surface area contributed by atoms with Crippen LogP contribution >= 0.6 is 0 Å². The number of rotatable bonds is 2. The van der Waals surface area contributed by atoms with Crippen molar-refractivity contribution in [2.45, 2.75) is 38.3 Å². The van der Waals surface area contributed by atoms with Gasteiger partial charge in [0.15, 0.2) is 0 Å². The van der Waals surface area contributed by atoms with Crippen LogP contribution in [0.2, 0.25) is 0 Å². The van der Waals surface area contributed by atoms with E-state index in [1.807, 2.05) is 13.8 Å². The van der Waals surface area contributed by atoms with Gasteiger partial charge in [-0.25, -0.2) is 0 Å². The fraction of sp³-hybridized carbons (Fsp3) is 1.00. The van der Waals surface area contributed by atoms with Gasteiger partial charge in [-0.05, 0) is 5.92 Å². The van der Waals surface area contributed by atoms with Gasteiger partial charge in [-0.3, -0.25) is 0 Å². The first-order valence-corrected chi connectivity index (χ1v) is 4.20. The summed E-state index contributed by atoms with van der Waals surface area (Å²) in [6.45, 7) is 3.56. The first-order chi connectivity index (χ1) is 5.57. The van der Waals surface area contributed by atoms with Crippen LogP contribution in [0.15, 0.2) is 0 Å². The Balaban J connectivity index is 2.60. The molecule has 0 amide bonds. The molecular weight excluding hydrogens is 160 g/mol. The minimum Gasteiger partial charge on any atom is -0.394 e. The molecule has 1 unspecified atom stereocenters. The van der Waals surface area contributed by atoms with Crippen LogP contribution in [0.1, 0.15) is 13.8 Å². The fourth-order valence-corrected chi connectivity index (χ4v) is 1.48. The van der Waals surface area contributed by atoms with Crippen LogP contribution < -0.4 is 0 Å². The van der Waals surface area contributed by atoms with Gasteiger partial charge in [0.1, 0.15) is 18.3 Å². The van der Waals surface area contributed by atoms with Gasteiger partial charge in [-0.2, -0.15) is 0 Å². The van der Waals surface area contributed by atoms with E-state index in [1.54, 1.807) is 0 Å². The van der Waals surface area contributed by atoms with Gasteiger partial charge in [0.2, 0.25) is 0 Å². The molecular formula is C8H16O4. The van der Waals surface area contributed by atoms with Crippen LogP contribution in [0.5, 0.6) is 0 Å². The van der Waals surface area contributed by atoms with Crippen molar-refractivity contribution in [3.8, 4) is 0 Å². The predicted molar refractivity (Wildman–Crippen MR) is 42.6 cm³/mol. The second-order valence-corrected chi connectivity index (χ2v) is 3.55. The molecule has 0 aromatic rings. The highest BCUT2D eigenvalue weighted by molar-refractivity contribution is 4.91. The molecule has 0 spiro atoms. The second kappa shape index (κ2) is 3.70. The molecule has 0 bridgehead atoms. The Kier molecular flexibility index (Phi) is 3.06. The smallest absolute Gasteiger partial charge is 0.111 e. The molecule has 1 aliphatic heterocycles. The van der Waals surface area contributed by atoms with Crippen molar-refractivity contribution in [1.29, 1.82) is 0 Å². The molecule has 0 aromatic carbocycles. The Hall–Kier alpha value is -0.160. The highest BCUT2D eigenvalue weighted by atomic mass is 16.6. The lowest BCUT2D eigenvalue weighted by molar-refractivity contribution is -0.0369. The van der Waals surface area contributed by atoms with Gasteiger partial charge in [0.05, 0.1) is 12.7 Å². The number of ether oxygens (including phenoxy) is 1.